The van der Waals surface area contributed by atoms with Crippen LogP contribution in [0.2, 0.25) is 0 Å². The molecule has 0 aliphatic carbocycles. The Morgan fingerprint density at radius 1 is 0.912 bits per heavy atom. The Morgan fingerprint density at radius 3 is 2.32 bits per heavy atom. The number of nitrogens with one attached hydrogen (secondary N) is 1. The van der Waals surface area contributed by atoms with Crippen molar-refractivity contribution in [3.63, 3.8) is 0 Å². The van der Waals surface area contributed by atoms with E-state index in [0.717, 1.165) is 12.1 Å². The normalized spacial score (nSPS) is 11.3. The summed E-state index contributed by atoms with van der Waals surface area (Å²) in [6.45, 7) is 3.88. The molecule has 4 aromatic rings. The summed E-state index contributed by atoms with van der Waals surface area (Å²) >= 11 is 0. The van der Waals surface area contributed by atoms with E-state index in [1.165, 1.54) is 36.7 Å². The average Bonchev–Trinajstić information content (AvgIpc) is 2.78. The molecule has 0 aliphatic heterocycles. The van der Waals surface area contributed by atoms with Crippen molar-refractivity contribution >= 4 is 17.2 Å². The maximum absolute atomic E-state index is 14.2. The molecule has 0 bridgehead atoms. The van der Waals surface area contributed by atoms with Crippen LogP contribution in [0.3, 0.4) is 0 Å². The Morgan fingerprint density at radius 2 is 1.62 bits per heavy atom. The van der Waals surface area contributed by atoms with Crippen molar-refractivity contribution in [1.29, 1.82) is 0 Å². The summed E-state index contributed by atoms with van der Waals surface area (Å²) in [6, 6.07) is 10.6. The molecule has 3 N–H and O–H groups in total. The SMILES string of the molecule is C=C(Nc1cnccc1-c1cc(N)nc(C(F)(F)F)n1)c1cccc(-c2c(F)cccc2F)n1. The molecule has 34 heavy (non-hydrogen) atoms. The van der Waals surface area contributed by atoms with E-state index in [0.29, 0.717) is 0 Å². The van der Waals surface area contributed by atoms with Crippen molar-refractivity contribution in [2.45, 2.75) is 6.18 Å². The van der Waals surface area contributed by atoms with Crippen molar-refractivity contribution in [1.82, 2.24) is 19.9 Å². The molecule has 6 nitrogen and oxygen atoms in total. The zero-order valence-electron chi connectivity index (χ0n) is 17.2. The van der Waals surface area contributed by atoms with E-state index in [9.17, 15) is 22.0 Å². The van der Waals surface area contributed by atoms with Crippen LogP contribution in [-0.2, 0) is 6.18 Å². The van der Waals surface area contributed by atoms with Gasteiger partial charge in [0.1, 0.15) is 17.5 Å². The van der Waals surface area contributed by atoms with Crippen LogP contribution in [-0.4, -0.2) is 19.9 Å². The van der Waals surface area contributed by atoms with Crippen LogP contribution >= 0.6 is 0 Å². The smallest absolute Gasteiger partial charge is 0.384 e. The van der Waals surface area contributed by atoms with E-state index in [1.807, 2.05) is 0 Å². The van der Waals surface area contributed by atoms with Gasteiger partial charge in [-0.3, -0.25) is 4.98 Å². The molecular formula is C23H15F5N6. The molecule has 3 aromatic heterocycles. The lowest BCUT2D eigenvalue weighted by molar-refractivity contribution is -0.144. The molecule has 3 heterocycles. The number of nitrogens with zero attached hydrogens (tertiary/aromatic N) is 4. The predicted octanol–water partition coefficient (Wildman–Crippen LogP) is 5.56. The third kappa shape index (κ3) is 4.68. The molecule has 0 atom stereocenters. The Bertz CT molecular complexity index is 1370. The second-order valence-electron chi connectivity index (χ2n) is 7.03. The third-order valence-corrected chi connectivity index (χ3v) is 4.66. The van der Waals surface area contributed by atoms with E-state index in [-0.39, 0.29) is 45.4 Å². The van der Waals surface area contributed by atoms with Gasteiger partial charge in [-0.1, -0.05) is 18.7 Å². The van der Waals surface area contributed by atoms with E-state index in [1.54, 1.807) is 12.1 Å². The Balaban J connectivity index is 1.69. The highest BCUT2D eigenvalue weighted by atomic mass is 19.4. The largest absolute Gasteiger partial charge is 0.451 e. The number of benzene rings is 1. The summed E-state index contributed by atoms with van der Waals surface area (Å²) < 4.78 is 67.8. The number of hydrogen-bond acceptors (Lipinski definition) is 6. The summed E-state index contributed by atoms with van der Waals surface area (Å²) in [5.74, 6) is -3.30. The summed E-state index contributed by atoms with van der Waals surface area (Å²) in [7, 11) is 0. The topological polar surface area (TPSA) is 89.6 Å². The summed E-state index contributed by atoms with van der Waals surface area (Å²) in [5.41, 5.74) is 6.15. The molecule has 0 amide bonds. The first-order chi connectivity index (χ1) is 16.1. The molecule has 0 radical (unpaired) electrons. The molecule has 0 aliphatic rings. The van der Waals surface area contributed by atoms with Gasteiger partial charge in [0.15, 0.2) is 0 Å². The van der Waals surface area contributed by atoms with Gasteiger partial charge in [-0.05, 0) is 30.3 Å². The van der Waals surface area contributed by atoms with Gasteiger partial charge in [0, 0.05) is 17.8 Å². The van der Waals surface area contributed by atoms with Crippen LogP contribution in [0.1, 0.15) is 11.5 Å². The molecule has 0 saturated heterocycles. The number of nitrogen functional groups attached to an aromatic ring is 1. The van der Waals surface area contributed by atoms with Gasteiger partial charge in [-0.2, -0.15) is 13.2 Å². The first-order valence-corrected chi connectivity index (χ1v) is 9.67. The zero-order chi connectivity index (χ0) is 24.5. The zero-order valence-corrected chi connectivity index (χ0v) is 17.2. The summed E-state index contributed by atoms with van der Waals surface area (Å²) in [6.07, 6.45) is -2.07. The third-order valence-electron chi connectivity index (χ3n) is 4.66. The van der Waals surface area contributed by atoms with Gasteiger partial charge in [-0.15, -0.1) is 0 Å². The minimum atomic E-state index is -4.79. The van der Waals surface area contributed by atoms with Crippen LogP contribution < -0.4 is 11.1 Å². The second-order valence-corrected chi connectivity index (χ2v) is 7.03. The maximum Gasteiger partial charge on any atom is 0.451 e. The lowest BCUT2D eigenvalue weighted by atomic mass is 10.1. The minimum Gasteiger partial charge on any atom is -0.384 e. The van der Waals surface area contributed by atoms with Gasteiger partial charge >= 0.3 is 6.18 Å². The molecule has 1 aromatic carbocycles. The second kappa shape index (κ2) is 8.85. The van der Waals surface area contributed by atoms with E-state index < -0.39 is 23.6 Å². The molecule has 4 rings (SSSR count). The van der Waals surface area contributed by atoms with Crippen LogP contribution in [0.5, 0.6) is 0 Å². The highest BCUT2D eigenvalue weighted by Crippen LogP contribution is 2.33. The van der Waals surface area contributed by atoms with Crippen LogP contribution in [0, 0.1) is 11.6 Å². The van der Waals surface area contributed by atoms with Crippen LogP contribution in [0.4, 0.5) is 33.5 Å². The van der Waals surface area contributed by atoms with Crippen molar-refractivity contribution in [3.05, 3.63) is 90.7 Å². The summed E-state index contributed by atoms with van der Waals surface area (Å²) in [5, 5.41) is 2.92. The van der Waals surface area contributed by atoms with Crippen molar-refractivity contribution in [2.24, 2.45) is 0 Å². The van der Waals surface area contributed by atoms with Crippen molar-refractivity contribution < 1.29 is 22.0 Å². The fourth-order valence-electron chi connectivity index (χ4n) is 3.16. The highest BCUT2D eigenvalue weighted by molar-refractivity contribution is 5.84. The molecule has 0 unspecified atom stereocenters. The fraction of sp³-hybridized carbons (Fsp3) is 0.0435. The number of rotatable bonds is 5. The Hall–Kier alpha value is -4.41. The number of alkyl halides is 3. The standard InChI is InChI=1S/C23H15F5N6/c1-12(16-6-3-7-17(32-16)21-14(24)4-2-5-15(21)25)31-19-11-30-9-8-13(19)18-10-20(29)34-22(33-18)23(26,27)28/h2-11,31H,1H2,(H2,29,33,34). The molecule has 0 fully saturated rings. The number of nitrogens with two attached hydrogens (primary N) is 1. The van der Waals surface area contributed by atoms with Gasteiger partial charge < -0.3 is 11.1 Å². The Kier molecular flexibility index (Phi) is 5.93. The maximum atomic E-state index is 14.2. The first-order valence-electron chi connectivity index (χ1n) is 9.67. The van der Waals surface area contributed by atoms with Gasteiger partial charge in [0.25, 0.3) is 0 Å². The quantitative estimate of drug-likeness (QED) is 0.371. The first kappa shape index (κ1) is 22.8. The molecule has 0 spiro atoms. The fourth-order valence-corrected chi connectivity index (χ4v) is 3.16. The van der Waals surface area contributed by atoms with E-state index in [4.69, 9.17) is 5.73 Å². The number of aromatic nitrogens is 4. The molecule has 172 valence electrons. The molecule has 0 saturated carbocycles. The minimum absolute atomic E-state index is 0.0425. The monoisotopic (exact) mass is 470 g/mol. The number of halogens is 5. The van der Waals surface area contributed by atoms with E-state index in [2.05, 4.69) is 31.8 Å². The van der Waals surface area contributed by atoms with Gasteiger partial charge in [0.05, 0.1) is 40.2 Å². The summed E-state index contributed by atoms with van der Waals surface area (Å²) in [4.78, 5) is 15.1. The van der Waals surface area contributed by atoms with E-state index >= 15 is 0 Å². The average molecular weight is 470 g/mol. The van der Waals surface area contributed by atoms with Crippen LogP contribution in [0.15, 0.2) is 67.5 Å². The van der Waals surface area contributed by atoms with Crippen molar-refractivity contribution in [2.75, 3.05) is 11.1 Å². The molecule has 11 heteroatoms. The van der Waals surface area contributed by atoms with Gasteiger partial charge in [-0.25, -0.2) is 23.7 Å². The lowest BCUT2D eigenvalue weighted by Crippen LogP contribution is -2.13. The van der Waals surface area contributed by atoms with Gasteiger partial charge in [0.2, 0.25) is 5.82 Å². The number of hydrogen-bond donors (Lipinski definition) is 2. The predicted molar refractivity (Wildman–Crippen MR) is 117 cm³/mol. The number of pyridine rings is 2. The molecular weight excluding hydrogens is 455 g/mol. The lowest BCUT2D eigenvalue weighted by Gasteiger charge is -2.15. The van der Waals surface area contributed by atoms with Crippen molar-refractivity contribution in [3.8, 4) is 22.5 Å². The van der Waals surface area contributed by atoms with Crippen LogP contribution in [0.25, 0.3) is 28.2 Å². The number of anilines is 2. The highest BCUT2D eigenvalue weighted by Gasteiger charge is 2.35. The Labute approximate surface area is 190 Å².